The van der Waals surface area contributed by atoms with E-state index >= 15 is 0 Å². The van der Waals surface area contributed by atoms with E-state index in [4.69, 9.17) is 8.83 Å². The monoisotopic (exact) mass is 1590 g/mol. The molecule has 5 heterocycles. The van der Waals surface area contributed by atoms with Crippen LogP contribution in [0.5, 0.6) is 0 Å². The summed E-state index contributed by atoms with van der Waals surface area (Å²) in [6.07, 6.45) is 0. The number of aromatic nitrogens is 2. The van der Waals surface area contributed by atoms with Crippen LogP contribution in [0, 0.1) is 0 Å². The van der Waals surface area contributed by atoms with Crippen molar-refractivity contribution in [3.63, 3.8) is 0 Å². The predicted octanol–water partition coefficient (Wildman–Crippen LogP) is 32.9. The standard InChI is InChI=1S/C60H39N3O2.C54H37N3S/c1-3-16-42(17-4-1)61(47-30-33-53-51-24-8-11-27-57(51)64-59(53)38-47)45-21-14-22-46(37-45)62(48-31-34-54-52-25-9-12-28-58(52)65-60(54)39-48)44-20-13-15-40(35-44)41-29-32-50-49-23-7-10-26-55(49)63(56(50)36-41)43-18-5-2-6-19-43;1-4-17-40(18-5-1)55(41-19-6-2-7-20-41)44-24-15-25-45(36-44)56(46-31-33-54-50(37-46)49-27-11-13-29-53(49)58-54)43-23-14-16-38(34-43)39-30-32-48-47-26-10-12-28-51(47)57(52(48)35-39)42-21-8-3-9-22-42/h1-39H;1-37H. The van der Waals surface area contributed by atoms with Crippen molar-refractivity contribution in [3.8, 4) is 33.6 Å². The minimum Gasteiger partial charge on any atom is -0.456 e. The fourth-order valence-corrected chi connectivity index (χ4v) is 19.4. The summed E-state index contributed by atoms with van der Waals surface area (Å²) >= 11 is 1.85. The average molecular weight is 1590 g/mol. The number of fused-ring (bicyclic) bond motifs is 15. The first-order chi connectivity index (χ1) is 61.0. The Hall–Kier alpha value is -16.2. The molecule has 0 N–H and O–H groups in total. The van der Waals surface area contributed by atoms with Gasteiger partial charge in [0.1, 0.15) is 22.3 Å². The van der Waals surface area contributed by atoms with Gasteiger partial charge in [0.15, 0.2) is 0 Å². The molecule has 5 aromatic heterocycles. The van der Waals surface area contributed by atoms with Crippen molar-refractivity contribution in [2.75, 3.05) is 19.6 Å². The van der Waals surface area contributed by atoms with Gasteiger partial charge in [-0.25, -0.2) is 0 Å². The van der Waals surface area contributed by atoms with E-state index in [-0.39, 0.29) is 0 Å². The number of para-hydroxylation sites is 9. The van der Waals surface area contributed by atoms with Crippen LogP contribution in [0.4, 0.5) is 68.2 Å². The molecular formula is C114H76N6O2S. The molecule has 0 aliphatic carbocycles. The first-order valence-corrected chi connectivity index (χ1v) is 42.5. The third kappa shape index (κ3) is 13.0. The lowest BCUT2D eigenvalue weighted by atomic mass is 10.0. The van der Waals surface area contributed by atoms with Gasteiger partial charge in [0.25, 0.3) is 0 Å². The van der Waals surface area contributed by atoms with E-state index in [1.54, 1.807) is 0 Å². The van der Waals surface area contributed by atoms with Gasteiger partial charge in [-0.05, 0) is 229 Å². The number of anilines is 12. The van der Waals surface area contributed by atoms with Crippen LogP contribution in [0.25, 0.3) is 141 Å². The lowest BCUT2D eigenvalue weighted by Gasteiger charge is -2.29. The highest BCUT2D eigenvalue weighted by Crippen LogP contribution is 2.49. The van der Waals surface area contributed by atoms with Crippen LogP contribution < -0.4 is 19.6 Å². The molecule has 123 heavy (non-hydrogen) atoms. The highest BCUT2D eigenvalue weighted by atomic mass is 32.1. The van der Waals surface area contributed by atoms with E-state index in [1.165, 1.54) is 69.3 Å². The lowest BCUT2D eigenvalue weighted by Crippen LogP contribution is -2.13. The summed E-state index contributed by atoms with van der Waals surface area (Å²) in [7, 11) is 0. The van der Waals surface area contributed by atoms with Gasteiger partial charge >= 0.3 is 0 Å². The van der Waals surface area contributed by atoms with Gasteiger partial charge in [0.05, 0.1) is 22.1 Å². The summed E-state index contributed by atoms with van der Waals surface area (Å²) in [5.74, 6) is 0. The minimum atomic E-state index is 0.838. The van der Waals surface area contributed by atoms with Gasteiger partial charge in [-0.15, -0.1) is 11.3 Å². The number of rotatable bonds is 16. The maximum absolute atomic E-state index is 6.51. The van der Waals surface area contributed by atoms with E-state index in [2.05, 4.69) is 466 Å². The molecule has 8 nitrogen and oxygen atoms in total. The second kappa shape index (κ2) is 30.6. The summed E-state index contributed by atoms with van der Waals surface area (Å²) < 4.78 is 20.3. The summed E-state index contributed by atoms with van der Waals surface area (Å²) in [5.41, 5.74) is 27.7. The molecule has 0 radical (unpaired) electrons. The molecule has 0 bridgehead atoms. The fourth-order valence-electron chi connectivity index (χ4n) is 18.3. The summed E-state index contributed by atoms with van der Waals surface area (Å²) in [6, 6.07) is 165. The number of benzene rings is 19. The number of nitrogens with zero attached hydrogens (tertiary/aromatic N) is 6. The van der Waals surface area contributed by atoms with Crippen LogP contribution in [0.15, 0.2) is 470 Å². The van der Waals surface area contributed by atoms with Gasteiger partial charge < -0.3 is 37.6 Å². The van der Waals surface area contributed by atoms with Crippen LogP contribution >= 0.6 is 11.3 Å². The average Bonchev–Trinajstić information content (AvgIpc) is 1.56. The fraction of sp³-hybridized carbons (Fsp3) is 0. The van der Waals surface area contributed by atoms with Crippen molar-refractivity contribution < 1.29 is 8.83 Å². The van der Waals surface area contributed by atoms with Crippen LogP contribution in [0.2, 0.25) is 0 Å². The summed E-state index contributed by atoms with van der Waals surface area (Å²) in [6.45, 7) is 0. The van der Waals surface area contributed by atoms with Gasteiger partial charge in [-0.2, -0.15) is 0 Å². The van der Waals surface area contributed by atoms with Crippen LogP contribution in [0.3, 0.4) is 0 Å². The van der Waals surface area contributed by atoms with E-state index in [0.717, 1.165) is 140 Å². The smallest absolute Gasteiger partial charge is 0.137 e. The Kier molecular flexibility index (Phi) is 17.9. The van der Waals surface area contributed by atoms with Crippen LogP contribution in [0.1, 0.15) is 0 Å². The van der Waals surface area contributed by atoms with Crippen molar-refractivity contribution in [2.45, 2.75) is 0 Å². The molecule has 0 amide bonds. The van der Waals surface area contributed by atoms with E-state index in [1.807, 2.05) is 35.6 Å². The molecular weight excluding hydrogens is 1520 g/mol. The van der Waals surface area contributed by atoms with Crippen molar-refractivity contribution in [3.05, 3.63) is 461 Å². The zero-order valence-corrected chi connectivity index (χ0v) is 67.6. The first kappa shape index (κ1) is 72.1. The number of hydrogen-bond acceptors (Lipinski definition) is 7. The number of thiophene rings is 1. The maximum atomic E-state index is 6.51. The van der Waals surface area contributed by atoms with Gasteiger partial charge in [0.2, 0.25) is 0 Å². The highest BCUT2D eigenvalue weighted by Gasteiger charge is 2.25. The molecule has 0 spiro atoms. The molecule has 0 fully saturated rings. The van der Waals surface area contributed by atoms with E-state index < -0.39 is 0 Å². The largest absolute Gasteiger partial charge is 0.456 e. The second-order valence-electron chi connectivity index (χ2n) is 31.2. The summed E-state index contributed by atoms with van der Waals surface area (Å²) in [4.78, 5) is 9.38. The molecule has 0 atom stereocenters. The molecule has 0 unspecified atom stereocenters. The molecule has 0 aliphatic rings. The Morgan fingerprint density at radius 1 is 0.163 bits per heavy atom. The van der Waals surface area contributed by atoms with Crippen molar-refractivity contribution >= 4 is 187 Å². The molecule has 19 aromatic carbocycles. The SMILES string of the molecule is c1ccc(N(c2cccc(N(c3cccc(-c4ccc5c6ccccc6n(-c6ccccc6)c5c4)c3)c3ccc4c(c3)oc3ccccc34)c2)c2ccc3c(c2)oc2ccccc23)cc1.c1ccc(N(c2ccccc2)c2cccc(N(c3cccc(-c4ccc5c6ccccc6n(-c6ccccc6)c5c4)c3)c3ccc4sc5ccccc5c4c3)c2)cc1. The van der Waals surface area contributed by atoms with Crippen molar-refractivity contribution in [1.29, 1.82) is 0 Å². The van der Waals surface area contributed by atoms with Crippen LogP contribution in [-0.4, -0.2) is 9.13 Å². The zero-order chi connectivity index (χ0) is 81.3. The molecule has 24 rings (SSSR count). The molecule has 580 valence electrons. The molecule has 9 heteroatoms. The third-order valence-corrected chi connectivity index (χ3v) is 25.0. The van der Waals surface area contributed by atoms with Crippen molar-refractivity contribution in [2.24, 2.45) is 0 Å². The molecule has 24 aromatic rings. The Bertz CT molecular complexity index is 8070. The lowest BCUT2D eigenvalue weighted by molar-refractivity contribution is 0.668. The Balaban J connectivity index is 0.000000143. The first-order valence-electron chi connectivity index (χ1n) is 41.7. The van der Waals surface area contributed by atoms with E-state index in [9.17, 15) is 0 Å². The van der Waals surface area contributed by atoms with Gasteiger partial charge in [-0.3, -0.25) is 0 Å². The van der Waals surface area contributed by atoms with E-state index in [0.29, 0.717) is 0 Å². The number of hydrogen-bond donors (Lipinski definition) is 0. The Labute approximate surface area is 714 Å². The topological polar surface area (TPSA) is 49.1 Å². The van der Waals surface area contributed by atoms with Gasteiger partial charge in [-0.1, -0.05) is 243 Å². The molecule has 0 saturated heterocycles. The second-order valence-corrected chi connectivity index (χ2v) is 32.2. The Morgan fingerprint density at radius 2 is 0.455 bits per heavy atom. The highest BCUT2D eigenvalue weighted by molar-refractivity contribution is 7.25. The van der Waals surface area contributed by atoms with Crippen LogP contribution in [-0.2, 0) is 0 Å². The third-order valence-electron chi connectivity index (χ3n) is 23.8. The van der Waals surface area contributed by atoms with Gasteiger partial charge in [0, 0.05) is 155 Å². The Morgan fingerprint density at radius 3 is 0.911 bits per heavy atom. The molecule has 0 saturated carbocycles. The summed E-state index contributed by atoms with van der Waals surface area (Å²) in [5, 5.41) is 11.9. The molecule has 0 aliphatic heterocycles. The van der Waals surface area contributed by atoms with Crippen molar-refractivity contribution in [1.82, 2.24) is 9.13 Å². The maximum Gasteiger partial charge on any atom is 0.137 e. The minimum absolute atomic E-state index is 0.838. The zero-order valence-electron chi connectivity index (χ0n) is 66.8. The number of furan rings is 2. The normalized spacial score (nSPS) is 11.6. The quantitative estimate of drug-likeness (QED) is 0.0961. The predicted molar refractivity (Wildman–Crippen MR) is 519 cm³/mol.